The normalized spacial score (nSPS) is 13.3. The molecule has 6 heteroatoms. The summed E-state index contributed by atoms with van der Waals surface area (Å²) in [6.45, 7) is 0. The highest BCUT2D eigenvalue weighted by molar-refractivity contribution is 7.14. The Hall–Kier alpha value is -2.60. The molecule has 0 saturated carbocycles. The second-order valence-corrected chi connectivity index (χ2v) is 7.16. The molecule has 3 nitrogen and oxygen atoms in total. The number of nitrogens with one attached hydrogen (secondary N) is 1. The maximum absolute atomic E-state index is 13.9. The Balaban J connectivity index is 1.53. The maximum Gasteiger partial charge on any atom is 0.257 e. The van der Waals surface area contributed by atoms with E-state index in [1.54, 1.807) is 5.38 Å². The van der Waals surface area contributed by atoms with Gasteiger partial charge in [-0.2, -0.15) is 0 Å². The molecule has 1 amide bonds. The van der Waals surface area contributed by atoms with Crippen LogP contribution in [0.2, 0.25) is 0 Å². The van der Waals surface area contributed by atoms with Crippen LogP contribution in [0.3, 0.4) is 0 Å². The van der Waals surface area contributed by atoms with Crippen LogP contribution in [0.15, 0.2) is 41.8 Å². The fourth-order valence-corrected chi connectivity index (χ4v) is 3.90. The van der Waals surface area contributed by atoms with Crippen LogP contribution in [0.4, 0.5) is 13.9 Å². The fraction of sp³-hybridized carbons (Fsp3) is 0.200. The van der Waals surface area contributed by atoms with Gasteiger partial charge in [0, 0.05) is 22.6 Å². The molecule has 0 aliphatic heterocycles. The van der Waals surface area contributed by atoms with Crippen molar-refractivity contribution in [1.29, 1.82) is 0 Å². The second kappa shape index (κ2) is 6.96. The first kappa shape index (κ1) is 16.8. The molecule has 1 aliphatic carbocycles. The third kappa shape index (κ3) is 3.37. The van der Waals surface area contributed by atoms with Crippen molar-refractivity contribution in [2.75, 3.05) is 5.32 Å². The zero-order valence-electron chi connectivity index (χ0n) is 13.9. The van der Waals surface area contributed by atoms with Crippen LogP contribution < -0.4 is 5.32 Å². The van der Waals surface area contributed by atoms with Crippen LogP contribution in [-0.4, -0.2) is 10.9 Å². The second-order valence-electron chi connectivity index (χ2n) is 6.31. The Morgan fingerprint density at radius 2 is 1.85 bits per heavy atom. The number of anilines is 1. The van der Waals surface area contributed by atoms with E-state index in [1.165, 1.54) is 41.0 Å². The molecule has 1 N–H and O–H groups in total. The van der Waals surface area contributed by atoms with E-state index in [4.69, 9.17) is 0 Å². The predicted octanol–water partition coefficient (Wildman–Crippen LogP) is 5.22. The van der Waals surface area contributed by atoms with E-state index in [-0.39, 0.29) is 11.5 Å². The van der Waals surface area contributed by atoms with Crippen LogP contribution in [-0.2, 0) is 12.8 Å². The summed E-state index contributed by atoms with van der Waals surface area (Å²) in [4.78, 5) is 16.7. The van der Waals surface area contributed by atoms with Gasteiger partial charge in [0.05, 0.1) is 5.69 Å². The lowest BCUT2D eigenvalue weighted by molar-refractivity contribution is 0.102. The standard InChI is InChI=1S/C20H16F2N2OS/c21-15-7-8-16(17(22)10-15)18-11-26-20(23-18)24-19(25)14-6-5-12-3-1-2-4-13(12)9-14/h5-11H,1-4H2,(H,23,24,25). The zero-order chi connectivity index (χ0) is 18.1. The third-order valence-electron chi connectivity index (χ3n) is 4.54. The third-order valence-corrected chi connectivity index (χ3v) is 5.30. The highest BCUT2D eigenvalue weighted by Crippen LogP contribution is 2.28. The molecule has 132 valence electrons. The number of halogens is 2. The average Bonchev–Trinajstić information content (AvgIpc) is 3.09. The van der Waals surface area contributed by atoms with Crippen molar-refractivity contribution in [2.24, 2.45) is 0 Å². The van der Waals surface area contributed by atoms with Gasteiger partial charge in [0.1, 0.15) is 11.6 Å². The summed E-state index contributed by atoms with van der Waals surface area (Å²) in [5.74, 6) is -1.55. The molecular weight excluding hydrogens is 354 g/mol. The summed E-state index contributed by atoms with van der Waals surface area (Å²) in [7, 11) is 0. The van der Waals surface area contributed by atoms with Gasteiger partial charge in [0.15, 0.2) is 5.13 Å². The Labute approximate surface area is 153 Å². The Morgan fingerprint density at radius 3 is 2.65 bits per heavy atom. The monoisotopic (exact) mass is 370 g/mol. The minimum Gasteiger partial charge on any atom is -0.298 e. The number of nitrogens with zero attached hydrogens (tertiary/aromatic N) is 1. The fourth-order valence-electron chi connectivity index (χ4n) is 3.20. The minimum atomic E-state index is -0.678. The van der Waals surface area contributed by atoms with Gasteiger partial charge in [0.2, 0.25) is 0 Å². The molecule has 0 spiro atoms. The van der Waals surface area contributed by atoms with Crippen LogP contribution in [0.25, 0.3) is 11.3 Å². The minimum absolute atomic E-state index is 0.205. The SMILES string of the molecule is O=C(Nc1nc(-c2ccc(F)cc2F)cs1)c1ccc2c(c1)CCCC2. The van der Waals surface area contributed by atoms with Gasteiger partial charge in [-0.05, 0) is 61.1 Å². The van der Waals surface area contributed by atoms with E-state index < -0.39 is 11.6 Å². The topological polar surface area (TPSA) is 42.0 Å². The summed E-state index contributed by atoms with van der Waals surface area (Å²) in [6, 6.07) is 9.13. The van der Waals surface area contributed by atoms with Crippen molar-refractivity contribution in [3.8, 4) is 11.3 Å². The zero-order valence-corrected chi connectivity index (χ0v) is 14.7. The van der Waals surface area contributed by atoms with Crippen molar-refractivity contribution in [1.82, 2.24) is 4.98 Å². The lowest BCUT2D eigenvalue weighted by Gasteiger charge is -2.16. The van der Waals surface area contributed by atoms with Gasteiger partial charge in [-0.25, -0.2) is 13.8 Å². The molecule has 1 aliphatic rings. The Kier molecular flexibility index (Phi) is 4.51. The molecule has 0 unspecified atom stereocenters. The molecule has 26 heavy (non-hydrogen) atoms. The number of aromatic nitrogens is 1. The number of carbonyl (C=O) groups is 1. The van der Waals surface area contributed by atoms with Gasteiger partial charge in [-0.3, -0.25) is 10.1 Å². The predicted molar refractivity (Wildman–Crippen MR) is 98.5 cm³/mol. The molecular formula is C20H16F2N2OS. The van der Waals surface area contributed by atoms with Crippen LogP contribution in [0.1, 0.15) is 34.3 Å². The number of fused-ring (bicyclic) bond motifs is 1. The smallest absolute Gasteiger partial charge is 0.257 e. The van der Waals surface area contributed by atoms with Gasteiger partial charge in [0.25, 0.3) is 5.91 Å². The average molecular weight is 370 g/mol. The molecule has 0 atom stereocenters. The van der Waals surface area contributed by atoms with E-state index in [9.17, 15) is 13.6 Å². The summed E-state index contributed by atoms with van der Waals surface area (Å²) in [6.07, 6.45) is 4.41. The van der Waals surface area contributed by atoms with E-state index in [0.717, 1.165) is 25.3 Å². The van der Waals surface area contributed by atoms with Gasteiger partial charge in [-0.1, -0.05) is 6.07 Å². The highest BCUT2D eigenvalue weighted by atomic mass is 32.1. The summed E-state index contributed by atoms with van der Waals surface area (Å²) < 4.78 is 26.9. The molecule has 1 heterocycles. The lowest BCUT2D eigenvalue weighted by Crippen LogP contribution is -2.13. The molecule has 0 radical (unpaired) electrons. The van der Waals surface area contributed by atoms with Crippen molar-refractivity contribution in [2.45, 2.75) is 25.7 Å². The van der Waals surface area contributed by atoms with Crippen molar-refractivity contribution in [3.63, 3.8) is 0 Å². The number of thiazole rings is 1. The summed E-state index contributed by atoms with van der Waals surface area (Å²) in [5.41, 5.74) is 3.72. The summed E-state index contributed by atoms with van der Waals surface area (Å²) >= 11 is 1.21. The molecule has 1 aromatic heterocycles. The first-order chi connectivity index (χ1) is 12.6. The Bertz CT molecular complexity index is 984. The highest BCUT2D eigenvalue weighted by Gasteiger charge is 2.15. The Morgan fingerprint density at radius 1 is 1.04 bits per heavy atom. The molecule has 2 aromatic carbocycles. The van der Waals surface area contributed by atoms with E-state index in [2.05, 4.69) is 10.3 Å². The lowest BCUT2D eigenvalue weighted by atomic mass is 9.90. The van der Waals surface area contributed by atoms with Crippen LogP contribution >= 0.6 is 11.3 Å². The summed E-state index contributed by atoms with van der Waals surface area (Å²) in [5, 5.41) is 4.78. The van der Waals surface area contributed by atoms with E-state index in [1.807, 2.05) is 18.2 Å². The number of benzene rings is 2. The number of amides is 1. The van der Waals surface area contributed by atoms with Crippen molar-refractivity contribution < 1.29 is 13.6 Å². The van der Waals surface area contributed by atoms with Gasteiger partial charge >= 0.3 is 0 Å². The van der Waals surface area contributed by atoms with Crippen LogP contribution in [0.5, 0.6) is 0 Å². The molecule has 0 fully saturated rings. The quantitative estimate of drug-likeness (QED) is 0.687. The molecule has 4 rings (SSSR count). The van der Waals surface area contributed by atoms with E-state index >= 15 is 0 Å². The van der Waals surface area contributed by atoms with Gasteiger partial charge in [-0.15, -0.1) is 11.3 Å². The molecule has 3 aromatic rings. The number of carbonyl (C=O) groups excluding carboxylic acids is 1. The van der Waals surface area contributed by atoms with Crippen LogP contribution in [0, 0.1) is 11.6 Å². The van der Waals surface area contributed by atoms with Gasteiger partial charge < -0.3 is 0 Å². The first-order valence-corrected chi connectivity index (χ1v) is 9.32. The van der Waals surface area contributed by atoms with Crippen molar-refractivity contribution in [3.05, 3.63) is 70.1 Å². The van der Waals surface area contributed by atoms with Crippen molar-refractivity contribution >= 4 is 22.4 Å². The van der Waals surface area contributed by atoms with E-state index in [0.29, 0.717) is 16.4 Å². The number of hydrogen-bond acceptors (Lipinski definition) is 3. The molecule has 0 saturated heterocycles. The number of aryl methyl sites for hydroxylation is 2. The number of hydrogen-bond donors (Lipinski definition) is 1. The largest absolute Gasteiger partial charge is 0.298 e. The first-order valence-electron chi connectivity index (χ1n) is 8.44. The molecule has 0 bridgehead atoms. The maximum atomic E-state index is 13.9. The number of rotatable bonds is 3.